The van der Waals surface area contributed by atoms with Crippen molar-refractivity contribution in [2.75, 3.05) is 11.1 Å². The van der Waals surface area contributed by atoms with Crippen molar-refractivity contribution in [1.82, 2.24) is 19.7 Å². The summed E-state index contributed by atoms with van der Waals surface area (Å²) < 4.78 is 1.78. The molecule has 0 radical (unpaired) electrons. The van der Waals surface area contributed by atoms with Gasteiger partial charge in [-0.05, 0) is 13.0 Å². The molecule has 1 unspecified atom stereocenters. The second kappa shape index (κ2) is 4.92. The van der Waals surface area contributed by atoms with Gasteiger partial charge in [0.2, 0.25) is 0 Å². The second-order valence-corrected chi connectivity index (χ2v) is 4.20. The number of amides is 1. The van der Waals surface area contributed by atoms with Crippen molar-refractivity contribution in [1.29, 1.82) is 0 Å². The number of hydrogen-bond acceptors (Lipinski definition) is 6. The lowest BCUT2D eigenvalue weighted by atomic mass is 10.2. The highest BCUT2D eigenvalue weighted by Crippen LogP contribution is 2.20. The zero-order valence-corrected chi connectivity index (χ0v) is 10.7. The summed E-state index contributed by atoms with van der Waals surface area (Å²) in [5, 5.41) is 10.9. The van der Waals surface area contributed by atoms with Crippen LogP contribution in [0.4, 0.5) is 11.5 Å². The van der Waals surface area contributed by atoms with Gasteiger partial charge in [0.15, 0.2) is 5.82 Å². The Bertz CT molecular complexity index is 607. The number of anilines is 2. The summed E-state index contributed by atoms with van der Waals surface area (Å²) in [5.41, 5.74) is 11.5. The lowest BCUT2D eigenvalue weighted by Crippen LogP contribution is -2.19. The average molecular weight is 261 g/mol. The molecule has 8 heteroatoms. The van der Waals surface area contributed by atoms with Crippen LogP contribution in [0.3, 0.4) is 0 Å². The fraction of sp³-hybridized carbons (Fsp3) is 0.273. The first-order chi connectivity index (χ1) is 8.99. The molecule has 0 aromatic carbocycles. The SMILES string of the molecule is CC(Nc1ncc(N)cc1C(N)=O)c1nncn1C. The first kappa shape index (κ1) is 12.8. The van der Waals surface area contributed by atoms with E-state index in [2.05, 4.69) is 20.5 Å². The lowest BCUT2D eigenvalue weighted by molar-refractivity contribution is 0.100. The van der Waals surface area contributed by atoms with Gasteiger partial charge in [0.1, 0.15) is 12.1 Å². The van der Waals surface area contributed by atoms with E-state index in [0.29, 0.717) is 17.3 Å². The lowest BCUT2D eigenvalue weighted by Gasteiger charge is -2.15. The maximum atomic E-state index is 11.4. The minimum atomic E-state index is -0.590. The summed E-state index contributed by atoms with van der Waals surface area (Å²) in [4.78, 5) is 15.4. The van der Waals surface area contributed by atoms with Gasteiger partial charge in [-0.3, -0.25) is 4.79 Å². The Kier molecular flexibility index (Phi) is 3.32. The number of primary amides is 1. The quantitative estimate of drug-likeness (QED) is 0.715. The topological polar surface area (TPSA) is 125 Å². The highest BCUT2D eigenvalue weighted by atomic mass is 16.1. The standard InChI is InChI=1S/C11H15N7O/c1-6(11-17-15-5-18(11)2)16-10-8(9(13)19)3-7(12)4-14-10/h3-6H,12H2,1-2H3,(H2,13,19)(H,14,16). The smallest absolute Gasteiger partial charge is 0.252 e. The number of carbonyl (C=O) groups is 1. The van der Waals surface area contributed by atoms with Crippen LogP contribution in [0.15, 0.2) is 18.6 Å². The summed E-state index contributed by atoms with van der Waals surface area (Å²) in [6.07, 6.45) is 3.05. The summed E-state index contributed by atoms with van der Waals surface area (Å²) >= 11 is 0. The number of nitrogen functional groups attached to an aromatic ring is 1. The Balaban J connectivity index is 2.29. The highest BCUT2D eigenvalue weighted by Gasteiger charge is 2.16. The van der Waals surface area contributed by atoms with Crippen LogP contribution < -0.4 is 16.8 Å². The number of hydrogen-bond donors (Lipinski definition) is 3. The van der Waals surface area contributed by atoms with E-state index in [9.17, 15) is 4.79 Å². The number of aryl methyl sites for hydroxylation is 1. The van der Waals surface area contributed by atoms with Gasteiger partial charge < -0.3 is 21.4 Å². The third-order valence-corrected chi connectivity index (χ3v) is 2.66. The minimum absolute atomic E-state index is 0.179. The molecule has 0 bridgehead atoms. The van der Waals surface area contributed by atoms with Crippen LogP contribution in [0.25, 0.3) is 0 Å². The van der Waals surface area contributed by atoms with Crippen LogP contribution in [0.5, 0.6) is 0 Å². The van der Waals surface area contributed by atoms with Crippen molar-refractivity contribution in [3.05, 3.63) is 30.0 Å². The Morgan fingerprint density at radius 3 is 2.84 bits per heavy atom. The largest absolute Gasteiger partial charge is 0.397 e. The number of pyridine rings is 1. The number of nitrogens with two attached hydrogens (primary N) is 2. The number of carbonyl (C=O) groups excluding carboxylic acids is 1. The molecular formula is C11H15N7O. The molecule has 0 aliphatic heterocycles. The van der Waals surface area contributed by atoms with E-state index in [0.717, 1.165) is 0 Å². The first-order valence-corrected chi connectivity index (χ1v) is 5.64. The maximum Gasteiger partial charge on any atom is 0.252 e. The fourth-order valence-corrected chi connectivity index (χ4v) is 1.74. The monoisotopic (exact) mass is 261 g/mol. The molecule has 0 saturated carbocycles. The van der Waals surface area contributed by atoms with E-state index < -0.39 is 5.91 Å². The molecule has 2 aromatic heterocycles. The second-order valence-electron chi connectivity index (χ2n) is 4.20. The van der Waals surface area contributed by atoms with Gasteiger partial charge in [0.25, 0.3) is 5.91 Å². The van der Waals surface area contributed by atoms with Gasteiger partial charge >= 0.3 is 0 Å². The Labute approximate surface area is 109 Å². The Hall–Kier alpha value is -2.64. The van der Waals surface area contributed by atoms with Crippen LogP contribution in [0, 0.1) is 0 Å². The molecule has 0 saturated heterocycles. The van der Waals surface area contributed by atoms with Gasteiger partial charge in [-0.25, -0.2) is 4.98 Å². The molecule has 0 aliphatic carbocycles. The van der Waals surface area contributed by atoms with E-state index in [1.165, 1.54) is 12.3 Å². The summed E-state index contributed by atoms with van der Waals surface area (Å²) in [7, 11) is 1.83. The average Bonchev–Trinajstić information content (AvgIpc) is 2.77. The van der Waals surface area contributed by atoms with Crippen LogP contribution in [0.1, 0.15) is 29.1 Å². The Morgan fingerprint density at radius 1 is 1.53 bits per heavy atom. The van der Waals surface area contributed by atoms with Crippen LogP contribution in [-0.4, -0.2) is 25.7 Å². The van der Waals surface area contributed by atoms with Crippen molar-refractivity contribution >= 4 is 17.4 Å². The first-order valence-electron chi connectivity index (χ1n) is 5.64. The van der Waals surface area contributed by atoms with Crippen molar-refractivity contribution in [3.63, 3.8) is 0 Å². The van der Waals surface area contributed by atoms with Gasteiger partial charge in [-0.1, -0.05) is 0 Å². The fourth-order valence-electron chi connectivity index (χ4n) is 1.74. The number of nitrogens with zero attached hydrogens (tertiary/aromatic N) is 4. The zero-order valence-electron chi connectivity index (χ0n) is 10.7. The van der Waals surface area contributed by atoms with Gasteiger partial charge in [0.05, 0.1) is 23.5 Å². The summed E-state index contributed by atoms with van der Waals surface area (Å²) in [6, 6.07) is 1.31. The van der Waals surface area contributed by atoms with Gasteiger partial charge in [-0.2, -0.15) is 0 Å². The molecule has 0 fully saturated rings. The van der Waals surface area contributed by atoms with Crippen LogP contribution in [-0.2, 0) is 7.05 Å². The number of aromatic nitrogens is 4. The van der Waals surface area contributed by atoms with Crippen molar-refractivity contribution in [2.45, 2.75) is 13.0 Å². The molecule has 5 N–H and O–H groups in total. The van der Waals surface area contributed by atoms with Crippen molar-refractivity contribution < 1.29 is 4.79 Å². The maximum absolute atomic E-state index is 11.4. The van der Waals surface area contributed by atoms with Crippen LogP contribution in [0.2, 0.25) is 0 Å². The zero-order chi connectivity index (χ0) is 14.0. The normalized spacial score (nSPS) is 12.1. The predicted molar refractivity (Wildman–Crippen MR) is 70.2 cm³/mol. The molecule has 100 valence electrons. The van der Waals surface area contributed by atoms with E-state index >= 15 is 0 Å². The van der Waals surface area contributed by atoms with E-state index in [1.807, 2.05) is 14.0 Å². The van der Waals surface area contributed by atoms with Gasteiger partial charge in [-0.15, -0.1) is 10.2 Å². The van der Waals surface area contributed by atoms with E-state index in [-0.39, 0.29) is 11.6 Å². The third-order valence-electron chi connectivity index (χ3n) is 2.66. The number of nitrogens with one attached hydrogen (secondary N) is 1. The molecule has 1 amide bonds. The third kappa shape index (κ3) is 2.62. The van der Waals surface area contributed by atoms with E-state index in [4.69, 9.17) is 11.5 Å². The van der Waals surface area contributed by atoms with Crippen molar-refractivity contribution in [2.24, 2.45) is 12.8 Å². The summed E-state index contributed by atoms with van der Waals surface area (Å²) in [5.74, 6) is 0.499. The van der Waals surface area contributed by atoms with Crippen LogP contribution >= 0.6 is 0 Å². The molecule has 1 atom stereocenters. The molecule has 0 aliphatic rings. The minimum Gasteiger partial charge on any atom is -0.397 e. The Morgan fingerprint density at radius 2 is 2.26 bits per heavy atom. The molecule has 8 nitrogen and oxygen atoms in total. The highest BCUT2D eigenvalue weighted by molar-refractivity contribution is 5.98. The molecular weight excluding hydrogens is 246 g/mol. The molecule has 2 aromatic rings. The molecule has 0 spiro atoms. The summed E-state index contributed by atoms with van der Waals surface area (Å²) in [6.45, 7) is 1.88. The van der Waals surface area contributed by atoms with Crippen molar-refractivity contribution in [3.8, 4) is 0 Å². The van der Waals surface area contributed by atoms with E-state index in [1.54, 1.807) is 10.9 Å². The predicted octanol–water partition coefficient (Wildman–Crippen LogP) is 0.0643. The molecule has 19 heavy (non-hydrogen) atoms. The molecule has 2 heterocycles. The number of rotatable bonds is 4. The van der Waals surface area contributed by atoms with Gasteiger partial charge in [0, 0.05) is 7.05 Å². The molecule has 2 rings (SSSR count).